The summed E-state index contributed by atoms with van der Waals surface area (Å²) in [6.45, 7) is 0.406. The number of methoxy groups -OCH3 is 1. The highest BCUT2D eigenvalue weighted by Gasteiger charge is 2.07. The molecule has 1 aromatic heterocycles. The Bertz CT molecular complexity index is 1140. The van der Waals surface area contributed by atoms with E-state index in [0.29, 0.717) is 17.9 Å². The average Bonchev–Trinajstić information content (AvgIpc) is 2.78. The van der Waals surface area contributed by atoms with Crippen molar-refractivity contribution < 1.29 is 14.3 Å². The normalized spacial score (nSPS) is 10.5. The molecule has 0 radical (unpaired) electrons. The van der Waals surface area contributed by atoms with E-state index in [4.69, 9.17) is 9.47 Å². The van der Waals surface area contributed by atoms with Crippen molar-refractivity contribution in [3.05, 3.63) is 96.2 Å². The second-order valence-electron chi connectivity index (χ2n) is 6.52. The van der Waals surface area contributed by atoms with Crippen molar-refractivity contribution in [3.8, 4) is 17.2 Å². The second-order valence-corrected chi connectivity index (χ2v) is 6.52. The van der Waals surface area contributed by atoms with Gasteiger partial charge >= 0.3 is 0 Å². The third-order valence-corrected chi connectivity index (χ3v) is 4.51. The first-order chi connectivity index (χ1) is 14.2. The molecule has 5 heteroatoms. The lowest BCUT2D eigenvalue weighted by Gasteiger charge is -2.10. The smallest absolute Gasteiger partial charge is 0.251 e. The highest BCUT2D eigenvalue weighted by Crippen LogP contribution is 2.24. The van der Waals surface area contributed by atoms with E-state index in [2.05, 4.69) is 10.3 Å². The molecule has 1 amide bonds. The van der Waals surface area contributed by atoms with Gasteiger partial charge in [-0.2, -0.15) is 0 Å². The Morgan fingerprint density at radius 1 is 0.897 bits per heavy atom. The van der Waals surface area contributed by atoms with E-state index in [9.17, 15) is 4.79 Å². The summed E-state index contributed by atoms with van der Waals surface area (Å²) in [5.74, 6) is 2.07. The number of carbonyl (C=O) groups excluding carboxylic acids is 1. The first kappa shape index (κ1) is 18.5. The summed E-state index contributed by atoms with van der Waals surface area (Å²) in [5, 5.41) is 3.89. The third-order valence-electron chi connectivity index (χ3n) is 4.51. The number of carbonyl (C=O) groups is 1. The lowest BCUT2D eigenvalue weighted by Crippen LogP contribution is -2.22. The number of aromatic nitrogens is 1. The van der Waals surface area contributed by atoms with Gasteiger partial charge < -0.3 is 14.8 Å². The number of nitrogens with zero attached hydrogens (tertiary/aromatic N) is 1. The Kier molecular flexibility index (Phi) is 5.38. The van der Waals surface area contributed by atoms with Gasteiger partial charge in [-0.05, 0) is 66.2 Å². The van der Waals surface area contributed by atoms with E-state index < -0.39 is 0 Å². The molecule has 4 rings (SSSR count). The first-order valence-electron chi connectivity index (χ1n) is 9.25. The van der Waals surface area contributed by atoms with Crippen LogP contribution in [-0.2, 0) is 6.54 Å². The van der Waals surface area contributed by atoms with Crippen LogP contribution in [0.4, 0.5) is 0 Å². The molecule has 5 nitrogen and oxygen atoms in total. The molecule has 1 heterocycles. The van der Waals surface area contributed by atoms with Crippen molar-refractivity contribution in [2.75, 3.05) is 7.11 Å². The van der Waals surface area contributed by atoms with Gasteiger partial charge in [-0.3, -0.25) is 9.78 Å². The summed E-state index contributed by atoms with van der Waals surface area (Å²) in [6.07, 6.45) is 1.74. The van der Waals surface area contributed by atoms with Gasteiger partial charge in [0, 0.05) is 23.7 Å². The molecule has 144 valence electrons. The summed E-state index contributed by atoms with van der Waals surface area (Å²) in [4.78, 5) is 16.8. The van der Waals surface area contributed by atoms with E-state index in [1.807, 2.05) is 72.8 Å². The SMILES string of the molecule is COc1ccc(Oc2cccc(CNC(=O)c3ccc4ncccc4c3)c2)cc1. The quantitative estimate of drug-likeness (QED) is 0.510. The highest BCUT2D eigenvalue weighted by molar-refractivity contribution is 5.97. The van der Waals surface area contributed by atoms with E-state index in [0.717, 1.165) is 28.0 Å². The van der Waals surface area contributed by atoms with Crippen LogP contribution in [0.15, 0.2) is 85.1 Å². The Morgan fingerprint density at radius 3 is 2.55 bits per heavy atom. The maximum atomic E-state index is 12.5. The molecule has 0 spiro atoms. The fourth-order valence-electron chi connectivity index (χ4n) is 3.00. The average molecular weight is 384 g/mol. The van der Waals surface area contributed by atoms with Gasteiger partial charge in [0.25, 0.3) is 5.91 Å². The third kappa shape index (κ3) is 4.52. The number of hydrogen-bond acceptors (Lipinski definition) is 4. The number of pyridine rings is 1. The van der Waals surface area contributed by atoms with Crippen molar-refractivity contribution in [3.63, 3.8) is 0 Å². The van der Waals surface area contributed by atoms with E-state index in [-0.39, 0.29) is 5.91 Å². The van der Waals surface area contributed by atoms with Crippen molar-refractivity contribution in [1.82, 2.24) is 10.3 Å². The van der Waals surface area contributed by atoms with Gasteiger partial charge in [0.05, 0.1) is 12.6 Å². The van der Waals surface area contributed by atoms with Crippen LogP contribution in [0.5, 0.6) is 17.2 Å². The predicted molar refractivity (Wildman–Crippen MR) is 112 cm³/mol. The summed E-state index contributed by atoms with van der Waals surface area (Å²) in [5.41, 5.74) is 2.43. The predicted octanol–water partition coefficient (Wildman–Crippen LogP) is 4.97. The van der Waals surface area contributed by atoms with Gasteiger partial charge in [-0.1, -0.05) is 18.2 Å². The van der Waals surface area contributed by atoms with Gasteiger partial charge in [0.2, 0.25) is 0 Å². The van der Waals surface area contributed by atoms with Crippen LogP contribution in [0.25, 0.3) is 10.9 Å². The molecular formula is C24H20N2O3. The number of rotatable bonds is 6. The lowest BCUT2D eigenvalue weighted by atomic mass is 10.1. The topological polar surface area (TPSA) is 60.5 Å². The second kappa shape index (κ2) is 8.44. The largest absolute Gasteiger partial charge is 0.497 e. The van der Waals surface area contributed by atoms with Crippen LogP contribution in [0, 0.1) is 0 Å². The molecule has 4 aromatic rings. The zero-order chi connectivity index (χ0) is 20.1. The zero-order valence-electron chi connectivity index (χ0n) is 16.0. The molecule has 0 bridgehead atoms. The Hall–Kier alpha value is -3.86. The monoisotopic (exact) mass is 384 g/mol. The number of hydrogen-bond donors (Lipinski definition) is 1. The molecule has 0 aliphatic rings. The minimum atomic E-state index is -0.128. The molecule has 0 aliphatic heterocycles. The van der Waals surface area contributed by atoms with Crippen LogP contribution in [0.1, 0.15) is 15.9 Å². The van der Waals surface area contributed by atoms with Crippen LogP contribution in [0.2, 0.25) is 0 Å². The number of amides is 1. The standard InChI is InChI=1S/C24H20N2O3/c1-28-20-8-10-21(11-9-20)29-22-6-2-4-17(14-22)16-26-24(27)19-7-12-23-18(15-19)5-3-13-25-23/h2-15H,16H2,1H3,(H,26,27). The Labute approximate surface area is 168 Å². The summed E-state index contributed by atoms with van der Waals surface area (Å²) in [6, 6.07) is 24.3. The fraction of sp³-hybridized carbons (Fsp3) is 0.0833. The lowest BCUT2D eigenvalue weighted by molar-refractivity contribution is 0.0951. The van der Waals surface area contributed by atoms with E-state index >= 15 is 0 Å². The van der Waals surface area contributed by atoms with Crippen LogP contribution in [-0.4, -0.2) is 18.0 Å². The molecule has 0 saturated heterocycles. The number of nitrogens with one attached hydrogen (secondary N) is 1. The number of fused-ring (bicyclic) bond motifs is 1. The van der Waals surface area contributed by atoms with Crippen molar-refractivity contribution >= 4 is 16.8 Å². The van der Waals surface area contributed by atoms with Crippen LogP contribution < -0.4 is 14.8 Å². The van der Waals surface area contributed by atoms with E-state index in [1.54, 1.807) is 19.4 Å². The Morgan fingerprint density at radius 2 is 1.72 bits per heavy atom. The molecule has 3 aromatic carbocycles. The Balaban J connectivity index is 1.41. The minimum absolute atomic E-state index is 0.128. The zero-order valence-corrected chi connectivity index (χ0v) is 16.0. The van der Waals surface area contributed by atoms with Crippen molar-refractivity contribution in [2.45, 2.75) is 6.54 Å². The molecule has 29 heavy (non-hydrogen) atoms. The van der Waals surface area contributed by atoms with Gasteiger partial charge in [-0.15, -0.1) is 0 Å². The summed E-state index contributed by atoms with van der Waals surface area (Å²) < 4.78 is 11.0. The first-order valence-corrected chi connectivity index (χ1v) is 9.25. The fourth-order valence-corrected chi connectivity index (χ4v) is 3.00. The molecule has 0 atom stereocenters. The van der Waals surface area contributed by atoms with E-state index in [1.165, 1.54) is 0 Å². The molecule has 0 fully saturated rings. The molecular weight excluding hydrogens is 364 g/mol. The van der Waals surface area contributed by atoms with Crippen molar-refractivity contribution in [2.24, 2.45) is 0 Å². The van der Waals surface area contributed by atoms with Crippen LogP contribution in [0.3, 0.4) is 0 Å². The molecule has 0 aliphatic carbocycles. The number of benzene rings is 3. The maximum Gasteiger partial charge on any atom is 0.251 e. The highest BCUT2D eigenvalue weighted by atomic mass is 16.5. The maximum absolute atomic E-state index is 12.5. The van der Waals surface area contributed by atoms with Gasteiger partial charge in [-0.25, -0.2) is 0 Å². The number of ether oxygens (including phenoxy) is 2. The van der Waals surface area contributed by atoms with Gasteiger partial charge in [0.15, 0.2) is 0 Å². The van der Waals surface area contributed by atoms with Crippen molar-refractivity contribution in [1.29, 1.82) is 0 Å². The summed E-state index contributed by atoms with van der Waals surface area (Å²) >= 11 is 0. The van der Waals surface area contributed by atoms with Crippen LogP contribution >= 0.6 is 0 Å². The van der Waals surface area contributed by atoms with Gasteiger partial charge in [0.1, 0.15) is 17.2 Å². The summed E-state index contributed by atoms with van der Waals surface area (Å²) in [7, 11) is 1.63. The molecule has 0 unspecified atom stereocenters. The molecule has 1 N–H and O–H groups in total. The molecule has 0 saturated carbocycles. The minimum Gasteiger partial charge on any atom is -0.497 e.